The second-order valence-corrected chi connectivity index (χ2v) is 8.16. The number of Topliss-reactive ketones (excluding diaryl/α,β-unsaturated/α-hetero) is 1. The average molecular weight is 438 g/mol. The van der Waals surface area contributed by atoms with E-state index in [9.17, 15) is 19.2 Å². The van der Waals surface area contributed by atoms with Gasteiger partial charge in [0.15, 0.2) is 12.4 Å². The summed E-state index contributed by atoms with van der Waals surface area (Å²) >= 11 is 5.81. The van der Waals surface area contributed by atoms with E-state index in [-0.39, 0.29) is 40.9 Å². The van der Waals surface area contributed by atoms with Gasteiger partial charge in [0.2, 0.25) is 11.8 Å². The quantitative estimate of drug-likeness (QED) is 0.305. The van der Waals surface area contributed by atoms with Crippen LogP contribution in [0.2, 0.25) is 5.02 Å². The summed E-state index contributed by atoms with van der Waals surface area (Å²) in [5, 5.41) is 0.501. The molecule has 0 spiro atoms. The Bertz CT molecular complexity index is 1090. The van der Waals surface area contributed by atoms with E-state index in [0.29, 0.717) is 22.7 Å². The molecule has 2 aliphatic rings. The fourth-order valence-corrected chi connectivity index (χ4v) is 4.23. The van der Waals surface area contributed by atoms with Crippen molar-refractivity contribution in [3.8, 4) is 0 Å². The number of hydrogen-bond donors (Lipinski definition) is 0. The summed E-state index contributed by atoms with van der Waals surface area (Å²) in [6.07, 6.45) is 4.43. The van der Waals surface area contributed by atoms with Crippen LogP contribution in [-0.4, -0.2) is 30.2 Å². The van der Waals surface area contributed by atoms with Crippen molar-refractivity contribution in [1.82, 2.24) is 0 Å². The normalized spacial score (nSPS) is 22.4. The number of imide groups is 1. The number of fused-ring (bicyclic) bond motifs is 1. The van der Waals surface area contributed by atoms with Gasteiger partial charge >= 0.3 is 5.97 Å². The molecule has 2 aromatic rings. The lowest BCUT2D eigenvalue weighted by Crippen LogP contribution is -2.31. The lowest BCUT2D eigenvalue weighted by Gasteiger charge is -2.22. The fourth-order valence-electron chi connectivity index (χ4n) is 4.11. The van der Waals surface area contributed by atoms with E-state index >= 15 is 0 Å². The Balaban J connectivity index is 1.47. The zero-order valence-corrected chi connectivity index (χ0v) is 17.5. The predicted octanol–water partition coefficient (Wildman–Crippen LogP) is 4.08. The molecule has 6 nitrogen and oxygen atoms in total. The molecule has 31 heavy (non-hydrogen) atoms. The lowest BCUT2D eigenvalue weighted by molar-refractivity contribution is -0.122. The molecule has 4 rings (SSSR count). The highest BCUT2D eigenvalue weighted by atomic mass is 35.5. The number of esters is 1. The van der Waals surface area contributed by atoms with Gasteiger partial charge in [0.1, 0.15) is 0 Å². The molecular formula is C24H20ClNO5. The van der Waals surface area contributed by atoms with Crippen LogP contribution in [0.1, 0.15) is 34.1 Å². The van der Waals surface area contributed by atoms with Crippen LogP contribution in [-0.2, 0) is 14.3 Å². The smallest absolute Gasteiger partial charge is 0.338 e. The number of nitrogens with zero attached hydrogens (tertiary/aromatic N) is 1. The molecule has 158 valence electrons. The highest BCUT2D eigenvalue weighted by Gasteiger charge is 2.50. The van der Waals surface area contributed by atoms with Crippen LogP contribution in [0.3, 0.4) is 0 Å². The molecule has 0 saturated carbocycles. The molecule has 0 radical (unpaired) electrons. The summed E-state index contributed by atoms with van der Waals surface area (Å²) in [6.45, 7) is 1.49. The number of rotatable bonds is 5. The van der Waals surface area contributed by atoms with Crippen molar-refractivity contribution in [3.63, 3.8) is 0 Å². The van der Waals surface area contributed by atoms with Crippen LogP contribution < -0.4 is 4.90 Å². The van der Waals surface area contributed by atoms with E-state index in [1.54, 1.807) is 36.4 Å². The minimum Gasteiger partial charge on any atom is -0.454 e. The highest BCUT2D eigenvalue weighted by Crippen LogP contribution is 2.40. The van der Waals surface area contributed by atoms with Gasteiger partial charge < -0.3 is 4.74 Å². The molecular weight excluding hydrogens is 418 g/mol. The van der Waals surface area contributed by atoms with E-state index in [0.717, 1.165) is 4.90 Å². The van der Waals surface area contributed by atoms with Crippen LogP contribution in [0.5, 0.6) is 0 Å². The molecule has 1 aliphatic heterocycles. The number of halogens is 1. The monoisotopic (exact) mass is 437 g/mol. The summed E-state index contributed by atoms with van der Waals surface area (Å²) in [5.74, 6) is -2.37. The number of ether oxygens (including phenoxy) is 1. The Kier molecular flexibility index (Phi) is 5.74. The van der Waals surface area contributed by atoms with Gasteiger partial charge in [-0.2, -0.15) is 0 Å². The maximum atomic E-state index is 12.9. The van der Waals surface area contributed by atoms with Gasteiger partial charge in [-0.1, -0.05) is 36.7 Å². The van der Waals surface area contributed by atoms with Crippen LogP contribution in [0.15, 0.2) is 60.7 Å². The van der Waals surface area contributed by atoms with Crippen molar-refractivity contribution >= 4 is 40.9 Å². The van der Waals surface area contributed by atoms with E-state index < -0.39 is 12.6 Å². The molecule has 7 heteroatoms. The predicted molar refractivity (Wildman–Crippen MR) is 115 cm³/mol. The van der Waals surface area contributed by atoms with Gasteiger partial charge in [0.05, 0.1) is 23.1 Å². The molecule has 2 amide bonds. The van der Waals surface area contributed by atoms with Crippen molar-refractivity contribution in [1.29, 1.82) is 0 Å². The zero-order chi connectivity index (χ0) is 22.1. The number of carbonyl (C=O) groups excluding carboxylic acids is 4. The van der Waals surface area contributed by atoms with E-state index in [4.69, 9.17) is 16.3 Å². The van der Waals surface area contributed by atoms with Crippen LogP contribution in [0, 0.1) is 17.8 Å². The zero-order valence-electron chi connectivity index (χ0n) is 16.8. The Morgan fingerprint density at radius 2 is 1.81 bits per heavy atom. The first kappa shape index (κ1) is 21.0. The first-order valence-electron chi connectivity index (χ1n) is 9.97. The molecule has 1 fully saturated rings. The Hall–Kier alpha value is -3.25. The van der Waals surface area contributed by atoms with Crippen LogP contribution in [0.25, 0.3) is 0 Å². The summed E-state index contributed by atoms with van der Waals surface area (Å²) in [5.41, 5.74) is 0.864. The van der Waals surface area contributed by atoms with Gasteiger partial charge in [-0.05, 0) is 54.8 Å². The standard InChI is InChI=1S/C24H20ClNO5/c1-14-4-2-7-19-21(14)23(29)26(22(19)28)18-6-3-5-16(12-18)24(30)31-13-20(27)15-8-10-17(25)11-9-15/h2-6,8-12,14,19,21H,7,13H2,1H3/t14-,19+,21+/m1/s1. The first-order valence-corrected chi connectivity index (χ1v) is 10.3. The molecule has 1 aliphatic carbocycles. The third kappa shape index (κ3) is 4.03. The topological polar surface area (TPSA) is 80.8 Å². The largest absolute Gasteiger partial charge is 0.454 e. The number of hydrogen-bond acceptors (Lipinski definition) is 5. The van der Waals surface area contributed by atoms with Crippen LogP contribution in [0.4, 0.5) is 5.69 Å². The van der Waals surface area contributed by atoms with E-state index in [2.05, 4.69) is 0 Å². The van der Waals surface area contributed by atoms with Gasteiger partial charge in [0.25, 0.3) is 0 Å². The number of carbonyl (C=O) groups is 4. The molecule has 1 saturated heterocycles. The summed E-state index contributed by atoms with van der Waals surface area (Å²) < 4.78 is 5.14. The average Bonchev–Trinajstić information content (AvgIpc) is 3.03. The molecule has 0 aromatic heterocycles. The van der Waals surface area contributed by atoms with Crippen molar-refractivity contribution < 1.29 is 23.9 Å². The summed E-state index contributed by atoms with van der Waals surface area (Å²) in [7, 11) is 0. The maximum absolute atomic E-state index is 12.9. The number of ketones is 1. The second-order valence-electron chi connectivity index (χ2n) is 7.72. The number of anilines is 1. The maximum Gasteiger partial charge on any atom is 0.338 e. The van der Waals surface area contributed by atoms with Crippen molar-refractivity contribution in [3.05, 3.63) is 76.8 Å². The van der Waals surface area contributed by atoms with Crippen LogP contribution >= 0.6 is 11.6 Å². The van der Waals surface area contributed by atoms with Crippen molar-refractivity contribution in [2.24, 2.45) is 17.8 Å². The number of allylic oxidation sites excluding steroid dienone is 2. The SMILES string of the molecule is C[C@@H]1C=CC[C@@H]2C(=O)N(c3cccc(C(=O)OCC(=O)c4ccc(Cl)cc4)c3)C(=O)[C@@H]12. The van der Waals surface area contributed by atoms with Gasteiger partial charge in [-0.25, -0.2) is 4.79 Å². The Morgan fingerprint density at radius 1 is 1.06 bits per heavy atom. The molecule has 0 unspecified atom stereocenters. The second kappa shape index (κ2) is 8.47. The summed E-state index contributed by atoms with van der Waals surface area (Å²) in [4.78, 5) is 51.7. The van der Waals surface area contributed by atoms with E-state index in [1.165, 1.54) is 12.1 Å². The minimum absolute atomic E-state index is 0.0211. The Morgan fingerprint density at radius 3 is 2.52 bits per heavy atom. The van der Waals surface area contributed by atoms with Crippen molar-refractivity contribution in [2.45, 2.75) is 13.3 Å². The number of benzene rings is 2. The van der Waals surface area contributed by atoms with Gasteiger partial charge in [-0.15, -0.1) is 0 Å². The molecule has 3 atom stereocenters. The third-order valence-corrected chi connectivity index (χ3v) is 5.97. The fraction of sp³-hybridized carbons (Fsp3) is 0.250. The summed E-state index contributed by atoms with van der Waals surface area (Å²) in [6, 6.07) is 12.4. The Labute approximate surface area is 184 Å². The molecule has 0 N–H and O–H groups in total. The molecule has 2 aromatic carbocycles. The van der Waals surface area contributed by atoms with Gasteiger partial charge in [0, 0.05) is 10.6 Å². The van der Waals surface area contributed by atoms with Crippen molar-refractivity contribution in [2.75, 3.05) is 11.5 Å². The molecule has 1 heterocycles. The first-order chi connectivity index (χ1) is 14.9. The minimum atomic E-state index is -0.712. The number of amides is 2. The lowest BCUT2D eigenvalue weighted by atomic mass is 9.78. The van der Waals surface area contributed by atoms with E-state index in [1.807, 2.05) is 19.1 Å². The van der Waals surface area contributed by atoms with Gasteiger partial charge in [-0.3, -0.25) is 19.3 Å². The third-order valence-electron chi connectivity index (χ3n) is 5.71. The molecule has 0 bridgehead atoms. The highest BCUT2D eigenvalue weighted by molar-refractivity contribution is 6.30.